The molecule has 1 aliphatic rings. The van der Waals surface area contributed by atoms with Gasteiger partial charge in [0.05, 0.1) is 5.92 Å². The zero-order chi connectivity index (χ0) is 20.3. The minimum absolute atomic E-state index is 0.0444. The van der Waals surface area contributed by atoms with Gasteiger partial charge in [-0.3, -0.25) is 9.59 Å². The third-order valence-electron chi connectivity index (χ3n) is 5.34. The van der Waals surface area contributed by atoms with E-state index in [0.29, 0.717) is 24.0 Å². The van der Waals surface area contributed by atoms with Crippen molar-refractivity contribution in [3.8, 4) is 0 Å². The molecule has 3 rings (SSSR count). The number of carbonyl (C=O) groups excluding carboxylic acids is 2. The van der Waals surface area contributed by atoms with Gasteiger partial charge < -0.3 is 10.2 Å². The van der Waals surface area contributed by atoms with Crippen LogP contribution in [0, 0.1) is 12.8 Å². The number of benzene rings is 2. The quantitative estimate of drug-likeness (QED) is 0.759. The number of carbonyl (C=O) groups is 2. The Morgan fingerprint density at radius 1 is 1.21 bits per heavy atom. The molecule has 5 heteroatoms. The highest BCUT2D eigenvalue weighted by molar-refractivity contribution is 6.30. The smallest absolute Gasteiger partial charge is 0.229 e. The summed E-state index contributed by atoms with van der Waals surface area (Å²) in [4.78, 5) is 27.0. The Hall–Kier alpha value is -2.33. The molecule has 1 saturated heterocycles. The fraction of sp³-hybridized carbons (Fsp3) is 0.391. The molecule has 28 heavy (non-hydrogen) atoms. The van der Waals surface area contributed by atoms with Gasteiger partial charge in [0.15, 0.2) is 0 Å². The fourth-order valence-electron chi connectivity index (χ4n) is 3.65. The second kappa shape index (κ2) is 8.78. The van der Waals surface area contributed by atoms with Crippen molar-refractivity contribution in [2.75, 3.05) is 18.4 Å². The summed E-state index contributed by atoms with van der Waals surface area (Å²) in [6, 6.07) is 13.7. The summed E-state index contributed by atoms with van der Waals surface area (Å²) in [5, 5.41) is 3.79. The van der Waals surface area contributed by atoms with Gasteiger partial charge in [-0.05, 0) is 48.1 Å². The molecule has 2 amide bonds. The van der Waals surface area contributed by atoms with Crippen LogP contribution in [0.15, 0.2) is 42.5 Å². The first-order valence-corrected chi connectivity index (χ1v) is 10.2. The Kier molecular flexibility index (Phi) is 6.40. The molecule has 1 aliphatic heterocycles. The van der Waals surface area contributed by atoms with Crippen LogP contribution in [0.1, 0.15) is 42.9 Å². The van der Waals surface area contributed by atoms with Crippen molar-refractivity contribution in [3.05, 3.63) is 64.2 Å². The van der Waals surface area contributed by atoms with Gasteiger partial charge in [-0.2, -0.15) is 0 Å². The standard InChI is InChI=1S/C23H27ClN2O2/c1-15(2)20-6-4-5-16(3)22(20)25-23(28)18-13-21(27)26(14-18)12-11-17-7-9-19(24)10-8-17/h4-10,15,18H,11-14H2,1-3H3,(H,25,28). The van der Waals surface area contributed by atoms with E-state index < -0.39 is 0 Å². The predicted molar refractivity (Wildman–Crippen MR) is 114 cm³/mol. The SMILES string of the molecule is Cc1cccc(C(C)C)c1NC(=O)C1CC(=O)N(CCc2ccc(Cl)cc2)C1. The maximum Gasteiger partial charge on any atom is 0.229 e. The zero-order valence-corrected chi connectivity index (χ0v) is 17.4. The summed E-state index contributed by atoms with van der Waals surface area (Å²) >= 11 is 5.92. The van der Waals surface area contributed by atoms with E-state index in [9.17, 15) is 9.59 Å². The second-order valence-corrected chi connectivity index (χ2v) is 8.24. The van der Waals surface area contributed by atoms with Crippen LogP contribution >= 0.6 is 11.6 Å². The van der Waals surface area contributed by atoms with Gasteiger partial charge in [-0.1, -0.05) is 55.8 Å². The minimum Gasteiger partial charge on any atom is -0.342 e. The summed E-state index contributed by atoms with van der Waals surface area (Å²) in [7, 11) is 0. The number of nitrogens with zero attached hydrogens (tertiary/aromatic N) is 1. The van der Waals surface area contributed by atoms with E-state index in [1.165, 1.54) is 0 Å². The molecule has 0 spiro atoms. The lowest BCUT2D eigenvalue weighted by molar-refractivity contribution is -0.128. The molecule has 0 bridgehead atoms. The van der Waals surface area contributed by atoms with Crippen molar-refractivity contribution in [1.29, 1.82) is 0 Å². The molecule has 1 unspecified atom stereocenters. The molecule has 0 saturated carbocycles. The number of halogens is 1. The summed E-state index contributed by atoms with van der Waals surface area (Å²) in [6.07, 6.45) is 1.03. The van der Waals surface area contributed by atoms with Gasteiger partial charge >= 0.3 is 0 Å². The topological polar surface area (TPSA) is 49.4 Å². The highest BCUT2D eigenvalue weighted by atomic mass is 35.5. The number of rotatable bonds is 6. The van der Waals surface area contributed by atoms with E-state index in [0.717, 1.165) is 28.8 Å². The Morgan fingerprint density at radius 2 is 1.93 bits per heavy atom. The Morgan fingerprint density at radius 3 is 2.61 bits per heavy atom. The third-order valence-corrected chi connectivity index (χ3v) is 5.60. The molecule has 2 aromatic rings. The average Bonchev–Trinajstić information content (AvgIpc) is 3.03. The summed E-state index contributed by atoms with van der Waals surface area (Å²) in [5.74, 6) is -0.0184. The molecule has 0 radical (unpaired) electrons. The highest BCUT2D eigenvalue weighted by Gasteiger charge is 2.34. The van der Waals surface area contributed by atoms with Crippen LogP contribution in [-0.4, -0.2) is 29.8 Å². The number of nitrogens with one attached hydrogen (secondary N) is 1. The lowest BCUT2D eigenvalue weighted by Crippen LogP contribution is -2.30. The molecule has 1 heterocycles. The monoisotopic (exact) mass is 398 g/mol. The maximum atomic E-state index is 12.8. The van der Waals surface area contributed by atoms with Crippen molar-refractivity contribution in [2.45, 2.75) is 39.5 Å². The van der Waals surface area contributed by atoms with E-state index in [-0.39, 0.29) is 24.2 Å². The van der Waals surface area contributed by atoms with Gasteiger partial charge in [0, 0.05) is 30.2 Å². The van der Waals surface area contributed by atoms with Crippen molar-refractivity contribution >= 4 is 29.1 Å². The third kappa shape index (κ3) is 4.74. The molecule has 1 fully saturated rings. The minimum atomic E-state index is -0.308. The Labute approximate surface area is 171 Å². The predicted octanol–water partition coefficient (Wildman–Crippen LogP) is 4.80. The number of likely N-dealkylation sites (tertiary alicyclic amines) is 1. The number of para-hydroxylation sites is 1. The van der Waals surface area contributed by atoms with Crippen LogP contribution in [0.25, 0.3) is 0 Å². The van der Waals surface area contributed by atoms with Crippen molar-refractivity contribution in [1.82, 2.24) is 4.90 Å². The average molecular weight is 399 g/mol. The van der Waals surface area contributed by atoms with E-state index in [4.69, 9.17) is 11.6 Å². The van der Waals surface area contributed by atoms with E-state index in [2.05, 4.69) is 19.2 Å². The van der Waals surface area contributed by atoms with Crippen LogP contribution in [0.3, 0.4) is 0 Å². The number of aryl methyl sites for hydroxylation is 1. The van der Waals surface area contributed by atoms with Crippen molar-refractivity contribution in [3.63, 3.8) is 0 Å². The normalized spacial score (nSPS) is 16.7. The molecule has 0 aliphatic carbocycles. The molecular weight excluding hydrogens is 372 g/mol. The molecule has 4 nitrogen and oxygen atoms in total. The molecule has 2 aromatic carbocycles. The van der Waals surface area contributed by atoms with Crippen LogP contribution in [0.2, 0.25) is 5.02 Å². The van der Waals surface area contributed by atoms with Gasteiger partial charge in [0.2, 0.25) is 11.8 Å². The van der Waals surface area contributed by atoms with Crippen molar-refractivity contribution < 1.29 is 9.59 Å². The second-order valence-electron chi connectivity index (χ2n) is 7.80. The van der Waals surface area contributed by atoms with Gasteiger partial charge in [0.1, 0.15) is 0 Å². The summed E-state index contributed by atoms with van der Waals surface area (Å²) < 4.78 is 0. The van der Waals surface area contributed by atoms with Gasteiger partial charge in [-0.15, -0.1) is 0 Å². The van der Waals surface area contributed by atoms with E-state index >= 15 is 0 Å². The Balaban J connectivity index is 1.62. The lowest BCUT2D eigenvalue weighted by Gasteiger charge is -2.19. The fourth-order valence-corrected chi connectivity index (χ4v) is 3.77. The van der Waals surface area contributed by atoms with Crippen LogP contribution in [-0.2, 0) is 16.0 Å². The molecule has 1 atom stereocenters. The van der Waals surface area contributed by atoms with Gasteiger partial charge in [0.25, 0.3) is 0 Å². The van der Waals surface area contributed by atoms with Crippen molar-refractivity contribution in [2.24, 2.45) is 5.92 Å². The Bertz CT molecular complexity index is 861. The first-order chi connectivity index (χ1) is 13.3. The number of amides is 2. The first-order valence-electron chi connectivity index (χ1n) is 9.77. The first kappa shape index (κ1) is 20.4. The van der Waals surface area contributed by atoms with E-state index in [1.54, 1.807) is 4.90 Å². The maximum absolute atomic E-state index is 12.8. The highest BCUT2D eigenvalue weighted by Crippen LogP contribution is 2.29. The number of anilines is 1. The van der Waals surface area contributed by atoms with Crippen LogP contribution in [0.4, 0.5) is 5.69 Å². The lowest BCUT2D eigenvalue weighted by atomic mass is 9.97. The number of hydrogen-bond donors (Lipinski definition) is 1. The molecule has 0 aromatic heterocycles. The summed E-state index contributed by atoms with van der Waals surface area (Å²) in [5.41, 5.74) is 4.18. The number of hydrogen-bond acceptors (Lipinski definition) is 2. The molecule has 148 valence electrons. The molecule has 1 N–H and O–H groups in total. The zero-order valence-electron chi connectivity index (χ0n) is 16.7. The largest absolute Gasteiger partial charge is 0.342 e. The summed E-state index contributed by atoms with van der Waals surface area (Å²) in [6.45, 7) is 7.32. The van der Waals surface area contributed by atoms with Crippen LogP contribution < -0.4 is 5.32 Å². The molecular formula is C23H27ClN2O2. The van der Waals surface area contributed by atoms with E-state index in [1.807, 2.05) is 49.4 Å². The van der Waals surface area contributed by atoms with Crippen LogP contribution in [0.5, 0.6) is 0 Å². The van der Waals surface area contributed by atoms with Gasteiger partial charge in [-0.25, -0.2) is 0 Å².